The zero-order valence-corrected chi connectivity index (χ0v) is 17.2. The smallest absolute Gasteiger partial charge is 0.450 e. The molecule has 15 heteroatoms. The van der Waals surface area contributed by atoms with Gasteiger partial charge in [0, 0.05) is 23.5 Å². The molecule has 0 amide bonds. The first-order chi connectivity index (χ1) is 16.4. The highest BCUT2D eigenvalue weighted by Gasteiger charge is 2.41. The predicted octanol–water partition coefficient (Wildman–Crippen LogP) is 5.50. The number of ether oxygens (including phenoxy) is 1. The average Bonchev–Trinajstić information content (AvgIpc) is 3.10. The van der Waals surface area contributed by atoms with Gasteiger partial charge in [0.25, 0.3) is 0 Å². The number of anilines is 4. The molecule has 2 heterocycles. The third kappa shape index (κ3) is 4.92. The molecular formula is C20H11F7N6O2. The minimum absolute atomic E-state index is 0.00526. The van der Waals surface area contributed by atoms with Gasteiger partial charge in [-0.1, -0.05) is 0 Å². The van der Waals surface area contributed by atoms with Gasteiger partial charge in [-0.2, -0.15) is 13.2 Å². The first kappa shape index (κ1) is 23.7. The molecule has 8 nitrogen and oxygen atoms in total. The van der Waals surface area contributed by atoms with E-state index >= 15 is 0 Å². The molecular weight excluding hydrogens is 489 g/mol. The molecule has 35 heavy (non-hydrogen) atoms. The number of hydrogen-bond acceptors (Lipinski definition) is 7. The van der Waals surface area contributed by atoms with Crippen LogP contribution in [0.25, 0.3) is 11.3 Å². The Morgan fingerprint density at radius 1 is 0.800 bits per heavy atom. The molecule has 0 saturated heterocycles. The summed E-state index contributed by atoms with van der Waals surface area (Å²) >= 11 is 0. The van der Waals surface area contributed by atoms with E-state index in [2.05, 4.69) is 30.3 Å². The second-order valence-corrected chi connectivity index (χ2v) is 6.87. The third-order valence-electron chi connectivity index (χ3n) is 4.36. The average molecular weight is 500 g/mol. The van der Waals surface area contributed by atoms with Crippen molar-refractivity contribution in [1.29, 1.82) is 0 Å². The molecule has 0 aliphatic carbocycles. The lowest BCUT2D eigenvalue weighted by molar-refractivity contribution is -0.146. The van der Waals surface area contributed by atoms with E-state index in [4.69, 9.17) is 0 Å². The molecule has 0 saturated carbocycles. The number of aromatic nitrogens is 4. The summed E-state index contributed by atoms with van der Waals surface area (Å²) < 4.78 is 99.5. The summed E-state index contributed by atoms with van der Waals surface area (Å²) in [6.07, 6.45) is -6.63. The standard InChI is InChI=1S/C20H11F7N6O2/c1-35-19(34)33-17-16(32-18(33)20(25,26)27)30-14(28-12-4-8(21)2-9(22)5-12)15(31-17)29-13-6-10(23)3-11(24)7-13/h2-7H,1H3,(H,28,30)(H,29,31). The molecule has 2 aromatic carbocycles. The monoisotopic (exact) mass is 500 g/mol. The van der Waals surface area contributed by atoms with Crippen LogP contribution in [-0.2, 0) is 10.9 Å². The Balaban J connectivity index is 1.94. The van der Waals surface area contributed by atoms with Crippen molar-refractivity contribution >= 4 is 40.4 Å². The second kappa shape index (κ2) is 8.73. The van der Waals surface area contributed by atoms with Crippen molar-refractivity contribution < 1.29 is 40.3 Å². The minimum Gasteiger partial charge on any atom is -0.452 e. The number of benzene rings is 2. The van der Waals surface area contributed by atoms with Gasteiger partial charge in [-0.3, -0.25) is 0 Å². The Hall–Kier alpha value is -4.43. The van der Waals surface area contributed by atoms with Crippen molar-refractivity contribution in [2.45, 2.75) is 6.18 Å². The van der Waals surface area contributed by atoms with E-state index in [0.717, 1.165) is 31.4 Å². The number of fused-ring (bicyclic) bond motifs is 1. The van der Waals surface area contributed by atoms with E-state index in [1.807, 2.05) is 0 Å². The zero-order valence-electron chi connectivity index (χ0n) is 17.2. The number of carbonyl (C=O) groups is 1. The van der Waals surface area contributed by atoms with Crippen molar-refractivity contribution in [2.24, 2.45) is 0 Å². The van der Waals surface area contributed by atoms with Crippen molar-refractivity contribution in [3.05, 3.63) is 65.5 Å². The SMILES string of the molecule is COC(=O)n1c(C(F)(F)F)nc2nc(Nc3cc(F)cc(F)c3)c(Nc3cc(F)cc(F)c3)nc21. The lowest BCUT2D eigenvalue weighted by Crippen LogP contribution is -2.21. The molecule has 4 aromatic rings. The number of carbonyl (C=O) groups excluding carboxylic acids is 1. The maximum Gasteiger partial charge on any atom is 0.450 e. The molecule has 4 rings (SSSR count). The molecule has 0 aliphatic heterocycles. The van der Waals surface area contributed by atoms with Gasteiger partial charge in [-0.05, 0) is 24.3 Å². The van der Waals surface area contributed by atoms with Crippen LogP contribution >= 0.6 is 0 Å². The molecule has 0 fully saturated rings. The lowest BCUT2D eigenvalue weighted by Gasteiger charge is -2.13. The van der Waals surface area contributed by atoms with E-state index in [9.17, 15) is 35.5 Å². The highest BCUT2D eigenvalue weighted by atomic mass is 19.4. The number of alkyl halides is 3. The molecule has 0 spiro atoms. The number of rotatable bonds is 4. The van der Waals surface area contributed by atoms with Crippen molar-refractivity contribution in [1.82, 2.24) is 19.5 Å². The Morgan fingerprint density at radius 2 is 1.26 bits per heavy atom. The van der Waals surface area contributed by atoms with Crippen LogP contribution in [0.15, 0.2) is 36.4 Å². The second-order valence-electron chi connectivity index (χ2n) is 6.87. The maximum atomic E-state index is 13.7. The van der Waals surface area contributed by atoms with Gasteiger partial charge >= 0.3 is 12.3 Å². The number of hydrogen-bond donors (Lipinski definition) is 2. The Kier molecular flexibility index (Phi) is 5.92. The van der Waals surface area contributed by atoms with Crippen molar-refractivity contribution in [2.75, 3.05) is 17.7 Å². The third-order valence-corrected chi connectivity index (χ3v) is 4.36. The molecule has 2 aromatic heterocycles. The van der Waals surface area contributed by atoms with Gasteiger partial charge < -0.3 is 15.4 Å². The van der Waals surface area contributed by atoms with E-state index in [0.29, 0.717) is 12.1 Å². The van der Waals surface area contributed by atoms with Crippen molar-refractivity contribution in [3.8, 4) is 0 Å². The van der Waals surface area contributed by atoms with Crippen LogP contribution in [0.1, 0.15) is 5.82 Å². The van der Waals surface area contributed by atoms with Crippen LogP contribution in [0.3, 0.4) is 0 Å². The number of nitrogens with one attached hydrogen (secondary N) is 2. The van der Waals surface area contributed by atoms with E-state index in [-0.39, 0.29) is 15.9 Å². The zero-order chi connectivity index (χ0) is 25.5. The molecule has 2 N–H and O–H groups in total. The largest absolute Gasteiger partial charge is 0.452 e. The number of imidazole rings is 1. The fourth-order valence-electron chi connectivity index (χ4n) is 3.05. The Labute approximate surface area is 190 Å². The molecule has 182 valence electrons. The summed E-state index contributed by atoms with van der Waals surface area (Å²) in [7, 11) is 0.824. The molecule has 0 radical (unpaired) electrons. The molecule has 0 atom stereocenters. The maximum absolute atomic E-state index is 13.7. The molecule has 0 unspecified atom stereocenters. The van der Waals surface area contributed by atoms with Crippen molar-refractivity contribution in [3.63, 3.8) is 0 Å². The Bertz CT molecular complexity index is 1410. The van der Waals surface area contributed by atoms with Gasteiger partial charge in [0.1, 0.15) is 23.3 Å². The number of halogens is 7. The summed E-state index contributed by atoms with van der Waals surface area (Å²) in [5.74, 6) is -6.59. The first-order valence-electron chi connectivity index (χ1n) is 9.37. The summed E-state index contributed by atoms with van der Waals surface area (Å²) in [4.78, 5) is 23.2. The summed E-state index contributed by atoms with van der Waals surface area (Å²) in [6.45, 7) is 0. The summed E-state index contributed by atoms with van der Waals surface area (Å²) in [6, 6.07) is 4.49. The van der Waals surface area contributed by atoms with E-state index in [1.54, 1.807) is 0 Å². The van der Waals surface area contributed by atoms with Crippen LogP contribution < -0.4 is 10.6 Å². The summed E-state index contributed by atoms with van der Waals surface area (Å²) in [5.41, 5.74) is -1.89. The first-order valence-corrected chi connectivity index (χ1v) is 9.37. The van der Waals surface area contributed by atoms with Crippen LogP contribution in [0.5, 0.6) is 0 Å². The van der Waals surface area contributed by atoms with Crippen LogP contribution in [0, 0.1) is 23.3 Å². The number of methoxy groups -OCH3 is 1. The fraction of sp³-hybridized carbons (Fsp3) is 0.100. The van der Waals surface area contributed by atoms with Gasteiger partial charge in [0.15, 0.2) is 17.3 Å². The van der Waals surface area contributed by atoms with E-state index < -0.39 is 64.3 Å². The van der Waals surface area contributed by atoms with Gasteiger partial charge in [-0.15, -0.1) is 0 Å². The molecule has 0 bridgehead atoms. The highest BCUT2D eigenvalue weighted by Crippen LogP contribution is 2.34. The fourth-order valence-corrected chi connectivity index (χ4v) is 3.05. The minimum atomic E-state index is -5.13. The Morgan fingerprint density at radius 3 is 1.69 bits per heavy atom. The van der Waals surface area contributed by atoms with Crippen LogP contribution in [-0.4, -0.2) is 32.7 Å². The topological polar surface area (TPSA) is 94.0 Å². The van der Waals surface area contributed by atoms with Gasteiger partial charge in [0.05, 0.1) is 7.11 Å². The quantitative estimate of drug-likeness (QED) is 0.357. The van der Waals surface area contributed by atoms with Gasteiger partial charge in [0.2, 0.25) is 11.5 Å². The summed E-state index contributed by atoms with van der Waals surface area (Å²) in [5, 5.41) is 4.91. The normalized spacial score (nSPS) is 11.5. The predicted molar refractivity (Wildman–Crippen MR) is 107 cm³/mol. The highest BCUT2D eigenvalue weighted by molar-refractivity contribution is 5.87. The van der Waals surface area contributed by atoms with Gasteiger partial charge in [-0.25, -0.2) is 41.9 Å². The molecule has 0 aliphatic rings. The lowest BCUT2D eigenvalue weighted by atomic mass is 10.3. The van der Waals surface area contributed by atoms with Crippen LogP contribution in [0.2, 0.25) is 0 Å². The van der Waals surface area contributed by atoms with E-state index in [1.165, 1.54) is 0 Å². The van der Waals surface area contributed by atoms with Crippen LogP contribution in [0.4, 0.5) is 58.5 Å². The number of nitrogens with zero attached hydrogens (tertiary/aromatic N) is 4.